The third-order valence-electron chi connectivity index (χ3n) is 3.27. The maximum absolute atomic E-state index is 11.8. The van der Waals surface area contributed by atoms with E-state index in [2.05, 4.69) is 22.9 Å². The van der Waals surface area contributed by atoms with E-state index in [0.717, 1.165) is 19.5 Å². The van der Waals surface area contributed by atoms with Crippen molar-refractivity contribution in [2.45, 2.75) is 46.6 Å². The lowest BCUT2D eigenvalue weighted by molar-refractivity contribution is -0.127. The standard InChI is InChI=1S/C14H27N3O2/c1-10-8-15-6-5-11(10)17-13(19)9-16-12(18)7-14(2,3)4/h10-11,15H,5-9H2,1-4H3,(H,16,18)(H,17,19). The number of rotatable bonds is 4. The molecule has 0 bridgehead atoms. The largest absolute Gasteiger partial charge is 0.351 e. The van der Waals surface area contributed by atoms with Crippen LogP contribution >= 0.6 is 0 Å². The monoisotopic (exact) mass is 269 g/mol. The number of nitrogens with one attached hydrogen (secondary N) is 3. The average molecular weight is 269 g/mol. The highest BCUT2D eigenvalue weighted by Gasteiger charge is 2.23. The van der Waals surface area contributed by atoms with E-state index in [1.807, 2.05) is 20.8 Å². The van der Waals surface area contributed by atoms with Gasteiger partial charge in [-0.25, -0.2) is 0 Å². The second kappa shape index (κ2) is 6.89. The predicted molar refractivity (Wildman–Crippen MR) is 75.7 cm³/mol. The molecule has 0 aromatic rings. The SMILES string of the molecule is CC1CNCCC1NC(=O)CNC(=O)CC(C)(C)C. The molecule has 0 saturated carbocycles. The highest BCUT2D eigenvalue weighted by molar-refractivity contribution is 5.85. The first-order valence-electron chi connectivity index (χ1n) is 7.05. The Labute approximate surface area is 115 Å². The number of carbonyl (C=O) groups is 2. The summed E-state index contributed by atoms with van der Waals surface area (Å²) in [6, 6.07) is 0.216. The molecular weight excluding hydrogens is 242 g/mol. The highest BCUT2D eigenvalue weighted by Crippen LogP contribution is 2.17. The van der Waals surface area contributed by atoms with Crippen molar-refractivity contribution in [2.75, 3.05) is 19.6 Å². The third-order valence-corrected chi connectivity index (χ3v) is 3.27. The quantitative estimate of drug-likeness (QED) is 0.702. The summed E-state index contributed by atoms with van der Waals surface area (Å²) in [4.78, 5) is 23.4. The van der Waals surface area contributed by atoms with Crippen molar-refractivity contribution in [3.05, 3.63) is 0 Å². The van der Waals surface area contributed by atoms with Crippen molar-refractivity contribution in [1.29, 1.82) is 0 Å². The molecule has 5 heteroatoms. The molecule has 1 aliphatic heterocycles. The Balaban J connectivity index is 2.26. The summed E-state index contributed by atoms with van der Waals surface area (Å²) in [6.45, 7) is 10.1. The zero-order valence-corrected chi connectivity index (χ0v) is 12.5. The maximum atomic E-state index is 11.8. The molecule has 1 saturated heterocycles. The minimum Gasteiger partial charge on any atom is -0.351 e. The third kappa shape index (κ3) is 6.57. The van der Waals surface area contributed by atoms with E-state index in [4.69, 9.17) is 0 Å². The zero-order chi connectivity index (χ0) is 14.5. The number of hydrogen-bond donors (Lipinski definition) is 3. The van der Waals surface area contributed by atoms with Crippen LogP contribution in [0, 0.1) is 11.3 Å². The van der Waals surface area contributed by atoms with Crippen LogP contribution in [0.4, 0.5) is 0 Å². The fraction of sp³-hybridized carbons (Fsp3) is 0.857. The Bertz CT molecular complexity index is 323. The Morgan fingerprint density at radius 2 is 1.95 bits per heavy atom. The molecule has 2 amide bonds. The first-order chi connectivity index (χ1) is 8.78. The van der Waals surface area contributed by atoms with Gasteiger partial charge in [-0.3, -0.25) is 9.59 Å². The van der Waals surface area contributed by atoms with Gasteiger partial charge in [-0.05, 0) is 30.8 Å². The van der Waals surface area contributed by atoms with Gasteiger partial charge in [-0.1, -0.05) is 27.7 Å². The van der Waals surface area contributed by atoms with E-state index in [-0.39, 0.29) is 29.8 Å². The van der Waals surface area contributed by atoms with Crippen molar-refractivity contribution in [3.63, 3.8) is 0 Å². The molecule has 110 valence electrons. The van der Waals surface area contributed by atoms with E-state index in [9.17, 15) is 9.59 Å². The first-order valence-corrected chi connectivity index (χ1v) is 7.05. The van der Waals surface area contributed by atoms with Crippen LogP contribution < -0.4 is 16.0 Å². The van der Waals surface area contributed by atoms with Crippen LogP contribution in [0.5, 0.6) is 0 Å². The van der Waals surface area contributed by atoms with Crippen molar-refractivity contribution in [2.24, 2.45) is 11.3 Å². The van der Waals surface area contributed by atoms with Crippen molar-refractivity contribution >= 4 is 11.8 Å². The molecule has 1 aliphatic rings. The van der Waals surface area contributed by atoms with Gasteiger partial charge in [-0.2, -0.15) is 0 Å². The van der Waals surface area contributed by atoms with Gasteiger partial charge in [0.1, 0.15) is 0 Å². The molecule has 5 nitrogen and oxygen atoms in total. The van der Waals surface area contributed by atoms with Gasteiger partial charge in [-0.15, -0.1) is 0 Å². The van der Waals surface area contributed by atoms with E-state index in [0.29, 0.717) is 12.3 Å². The summed E-state index contributed by atoms with van der Waals surface area (Å²) in [5, 5.41) is 8.96. The minimum atomic E-state index is -0.0963. The molecule has 0 spiro atoms. The fourth-order valence-electron chi connectivity index (χ4n) is 2.21. The van der Waals surface area contributed by atoms with Gasteiger partial charge >= 0.3 is 0 Å². The second-order valence-electron chi connectivity index (χ2n) is 6.66. The molecule has 2 unspecified atom stereocenters. The molecule has 19 heavy (non-hydrogen) atoms. The molecule has 2 atom stereocenters. The van der Waals surface area contributed by atoms with Crippen molar-refractivity contribution < 1.29 is 9.59 Å². The molecule has 0 radical (unpaired) electrons. The summed E-state index contributed by atoms with van der Waals surface area (Å²) >= 11 is 0. The Kier molecular flexibility index (Phi) is 5.79. The van der Waals surface area contributed by atoms with E-state index in [1.165, 1.54) is 0 Å². The van der Waals surface area contributed by atoms with Crippen LogP contribution in [0.15, 0.2) is 0 Å². The molecule has 1 heterocycles. The lowest BCUT2D eigenvalue weighted by atomic mass is 9.92. The predicted octanol–water partition coefficient (Wildman–Crippen LogP) is 0.653. The Morgan fingerprint density at radius 3 is 2.53 bits per heavy atom. The highest BCUT2D eigenvalue weighted by atomic mass is 16.2. The zero-order valence-electron chi connectivity index (χ0n) is 12.5. The van der Waals surface area contributed by atoms with Crippen LogP contribution in [0.1, 0.15) is 40.5 Å². The Morgan fingerprint density at radius 1 is 1.26 bits per heavy atom. The Hall–Kier alpha value is -1.10. The van der Waals surface area contributed by atoms with E-state index < -0.39 is 0 Å². The molecule has 1 fully saturated rings. The maximum Gasteiger partial charge on any atom is 0.239 e. The average Bonchev–Trinajstić information content (AvgIpc) is 2.27. The summed E-state index contributed by atoms with van der Waals surface area (Å²) in [7, 11) is 0. The minimum absolute atomic E-state index is 0.0515. The van der Waals surface area contributed by atoms with Gasteiger partial charge in [0.15, 0.2) is 0 Å². The van der Waals surface area contributed by atoms with Crippen LogP contribution in [0.3, 0.4) is 0 Å². The first kappa shape index (κ1) is 16.0. The molecule has 0 aromatic heterocycles. The van der Waals surface area contributed by atoms with E-state index >= 15 is 0 Å². The topological polar surface area (TPSA) is 70.2 Å². The number of carbonyl (C=O) groups excluding carboxylic acids is 2. The van der Waals surface area contributed by atoms with Crippen LogP contribution in [-0.2, 0) is 9.59 Å². The number of amides is 2. The van der Waals surface area contributed by atoms with Crippen LogP contribution in [-0.4, -0.2) is 37.5 Å². The van der Waals surface area contributed by atoms with Gasteiger partial charge in [0, 0.05) is 12.5 Å². The van der Waals surface area contributed by atoms with Crippen LogP contribution in [0.25, 0.3) is 0 Å². The summed E-state index contributed by atoms with van der Waals surface area (Å²) in [6.07, 6.45) is 1.38. The molecule has 3 N–H and O–H groups in total. The summed E-state index contributed by atoms with van der Waals surface area (Å²) in [5.74, 6) is 0.269. The van der Waals surface area contributed by atoms with Gasteiger partial charge in [0.2, 0.25) is 11.8 Å². The summed E-state index contributed by atoms with van der Waals surface area (Å²) < 4.78 is 0. The molecular formula is C14H27N3O2. The van der Waals surface area contributed by atoms with Crippen molar-refractivity contribution in [1.82, 2.24) is 16.0 Å². The lowest BCUT2D eigenvalue weighted by Gasteiger charge is -2.30. The molecule has 1 rings (SSSR count). The normalized spacial score (nSPS) is 23.8. The summed E-state index contributed by atoms with van der Waals surface area (Å²) in [5.41, 5.74) is -0.0515. The molecule has 0 aromatic carbocycles. The van der Waals surface area contributed by atoms with Crippen LogP contribution in [0.2, 0.25) is 0 Å². The fourth-order valence-corrected chi connectivity index (χ4v) is 2.21. The van der Waals surface area contributed by atoms with Gasteiger partial charge in [0.25, 0.3) is 0 Å². The van der Waals surface area contributed by atoms with Gasteiger partial charge in [0.05, 0.1) is 6.54 Å². The second-order valence-corrected chi connectivity index (χ2v) is 6.66. The van der Waals surface area contributed by atoms with Gasteiger partial charge < -0.3 is 16.0 Å². The lowest BCUT2D eigenvalue weighted by Crippen LogP contribution is -2.50. The molecule has 0 aliphatic carbocycles. The van der Waals surface area contributed by atoms with Crippen molar-refractivity contribution in [3.8, 4) is 0 Å². The smallest absolute Gasteiger partial charge is 0.239 e. The van der Waals surface area contributed by atoms with E-state index in [1.54, 1.807) is 0 Å². The number of hydrogen-bond acceptors (Lipinski definition) is 3. The number of piperidine rings is 1.